The number of nitrogens with zero attached hydrogens (tertiary/aromatic N) is 3. The van der Waals surface area contributed by atoms with E-state index in [1.807, 2.05) is 68.4 Å². The van der Waals surface area contributed by atoms with Crippen molar-refractivity contribution >= 4 is 22.6 Å². The van der Waals surface area contributed by atoms with Crippen molar-refractivity contribution in [3.63, 3.8) is 0 Å². The van der Waals surface area contributed by atoms with Crippen LogP contribution in [-0.4, -0.2) is 15.8 Å². The highest BCUT2D eigenvalue weighted by Crippen LogP contribution is 2.47. The molecule has 2 N–H and O–H groups in total. The van der Waals surface area contributed by atoms with Crippen molar-refractivity contribution in [1.82, 2.24) is 5.01 Å². The van der Waals surface area contributed by atoms with Crippen molar-refractivity contribution in [3.05, 3.63) is 93.3 Å². The number of aryl methyl sites for hydroxylation is 1. The fourth-order valence-corrected chi connectivity index (χ4v) is 4.39. The summed E-state index contributed by atoms with van der Waals surface area (Å²) >= 11 is 1.41. The molecule has 0 spiro atoms. The lowest BCUT2D eigenvalue weighted by atomic mass is 9.80. The summed E-state index contributed by atoms with van der Waals surface area (Å²) in [6, 6.07) is 19.2. The largest absolute Gasteiger partial charge is 0.383 e. The van der Waals surface area contributed by atoms with Gasteiger partial charge in [0.15, 0.2) is 5.78 Å². The van der Waals surface area contributed by atoms with E-state index in [1.54, 1.807) is 0 Å². The molecule has 2 aromatic carbocycles. The maximum atomic E-state index is 13.6. The van der Waals surface area contributed by atoms with Crippen molar-refractivity contribution in [1.29, 1.82) is 5.26 Å². The first-order valence-corrected chi connectivity index (χ1v) is 9.66. The van der Waals surface area contributed by atoms with Crippen LogP contribution in [0.1, 0.15) is 34.3 Å². The lowest BCUT2D eigenvalue weighted by Crippen LogP contribution is -2.31. The second kappa shape index (κ2) is 7.02. The molecule has 0 radical (unpaired) electrons. The van der Waals surface area contributed by atoms with E-state index < -0.39 is 5.92 Å². The van der Waals surface area contributed by atoms with E-state index in [9.17, 15) is 10.1 Å². The highest BCUT2D eigenvalue weighted by molar-refractivity contribution is 8.17. The highest BCUT2D eigenvalue weighted by Gasteiger charge is 2.41. The molecule has 28 heavy (non-hydrogen) atoms. The smallest absolute Gasteiger partial charge is 0.192 e. The Hall–Kier alpha value is -3.30. The van der Waals surface area contributed by atoms with Gasteiger partial charge in [-0.1, -0.05) is 71.9 Å². The van der Waals surface area contributed by atoms with Crippen LogP contribution in [0.3, 0.4) is 0 Å². The van der Waals surface area contributed by atoms with Crippen LogP contribution >= 0.6 is 11.8 Å². The minimum absolute atomic E-state index is 0.119. The molecule has 2 heterocycles. The number of carbonyl (C=O) groups excluding carboxylic acids is 1. The Morgan fingerprint density at radius 3 is 2.46 bits per heavy atom. The van der Waals surface area contributed by atoms with E-state index in [0.717, 1.165) is 16.2 Å². The second-order valence-electron chi connectivity index (χ2n) is 6.70. The lowest BCUT2D eigenvalue weighted by molar-refractivity contribution is 0.102. The number of hydrogen-bond donors (Lipinski definition) is 1. The van der Waals surface area contributed by atoms with Crippen LogP contribution < -0.4 is 5.73 Å². The summed E-state index contributed by atoms with van der Waals surface area (Å²) in [6.45, 7) is 3.84. The van der Waals surface area contributed by atoms with Gasteiger partial charge in [-0.15, -0.1) is 0 Å². The van der Waals surface area contributed by atoms with E-state index in [4.69, 9.17) is 5.73 Å². The van der Waals surface area contributed by atoms with Gasteiger partial charge in [0.1, 0.15) is 10.9 Å². The molecule has 0 saturated heterocycles. The first-order chi connectivity index (χ1) is 13.5. The Bertz CT molecular complexity index is 1090. The van der Waals surface area contributed by atoms with E-state index in [2.05, 4.69) is 11.2 Å². The minimum Gasteiger partial charge on any atom is -0.383 e. The predicted molar refractivity (Wildman–Crippen MR) is 111 cm³/mol. The third-order valence-electron chi connectivity index (χ3n) is 4.80. The molecule has 6 heteroatoms. The number of carbonyl (C=O) groups is 1. The summed E-state index contributed by atoms with van der Waals surface area (Å²) in [5.74, 6) is -0.373. The number of rotatable bonds is 3. The molecule has 1 atom stereocenters. The fourth-order valence-electron chi connectivity index (χ4n) is 3.44. The van der Waals surface area contributed by atoms with E-state index >= 15 is 0 Å². The zero-order valence-corrected chi connectivity index (χ0v) is 16.3. The zero-order chi connectivity index (χ0) is 19.8. The maximum Gasteiger partial charge on any atom is 0.192 e. The van der Waals surface area contributed by atoms with Crippen molar-refractivity contribution in [2.24, 2.45) is 10.8 Å². The van der Waals surface area contributed by atoms with Gasteiger partial charge >= 0.3 is 0 Å². The molecule has 4 rings (SSSR count). The standard InChI is InChI=1S/C22H18N4OS/c1-13-8-10-16(11-9-13)20(27)19-18(15-6-4-3-5-7-15)17(12-23)21(24)26-22(19)28-14(2)25-26/h3-11,18H,24H2,1-2H3. The van der Waals surface area contributed by atoms with Gasteiger partial charge in [-0.05, 0) is 19.4 Å². The summed E-state index contributed by atoms with van der Waals surface area (Å²) in [4.78, 5) is 13.6. The van der Waals surface area contributed by atoms with Gasteiger partial charge in [0.2, 0.25) is 0 Å². The minimum atomic E-state index is -0.528. The van der Waals surface area contributed by atoms with Gasteiger partial charge < -0.3 is 5.73 Å². The van der Waals surface area contributed by atoms with Gasteiger partial charge in [-0.3, -0.25) is 4.79 Å². The Morgan fingerprint density at radius 2 is 1.82 bits per heavy atom. The predicted octanol–water partition coefficient (Wildman–Crippen LogP) is 4.26. The summed E-state index contributed by atoms with van der Waals surface area (Å²) in [5.41, 5.74) is 9.69. The molecule has 2 aliphatic heterocycles. The monoisotopic (exact) mass is 386 g/mol. The van der Waals surface area contributed by atoms with E-state index in [0.29, 0.717) is 21.7 Å². The molecule has 0 bridgehead atoms. The van der Waals surface area contributed by atoms with Crippen LogP contribution in [0.15, 0.2) is 81.7 Å². The number of Topliss-reactive ketones (excluding diaryl/α,β-unsaturated/α-hetero) is 1. The molecule has 5 nitrogen and oxygen atoms in total. The third-order valence-corrected chi connectivity index (χ3v) is 5.76. The quantitative estimate of drug-likeness (QED) is 0.797. The van der Waals surface area contributed by atoms with Crippen LogP contribution in [0.4, 0.5) is 0 Å². The summed E-state index contributed by atoms with van der Waals surface area (Å²) in [5, 5.41) is 17.3. The molecule has 0 aliphatic carbocycles. The van der Waals surface area contributed by atoms with Crippen LogP contribution in [0.25, 0.3) is 0 Å². The topological polar surface area (TPSA) is 82.5 Å². The first-order valence-electron chi connectivity index (χ1n) is 8.84. The Morgan fingerprint density at radius 1 is 1.14 bits per heavy atom. The molecule has 0 saturated carbocycles. The normalized spacial score (nSPS) is 18.7. The number of nitriles is 1. The van der Waals surface area contributed by atoms with E-state index in [1.165, 1.54) is 16.8 Å². The van der Waals surface area contributed by atoms with Crippen molar-refractivity contribution in [3.8, 4) is 6.07 Å². The van der Waals surface area contributed by atoms with Gasteiger partial charge in [0.25, 0.3) is 0 Å². The van der Waals surface area contributed by atoms with Crippen molar-refractivity contribution in [2.45, 2.75) is 19.8 Å². The van der Waals surface area contributed by atoms with Crippen molar-refractivity contribution in [2.75, 3.05) is 0 Å². The summed E-state index contributed by atoms with van der Waals surface area (Å²) in [6.07, 6.45) is 0. The van der Waals surface area contributed by atoms with Gasteiger partial charge in [-0.25, -0.2) is 5.01 Å². The number of fused-ring (bicyclic) bond motifs is 1. The number of hydrazone groups is 1. The zero-order valence-electron chi connectivity index (χ0n) is 15.5. The first kappa shape index (κ1) is 18.1. The molecule has 0 amide bonds. The molecule has 1 unspecified atom stereocenters. The summed E-state index contributed by atoms with van der Waals surface area (Å²) in [7, 11) is 0. The Balaban J connectivity index is 1.94. The van der Waals surface area contributed by atoms with Crippen LogP contribution in [0.5, 0.6) is 0 Å². The van der Waals surface area contributed by atoms with Crippen LogP contribution in [0.2, 0.25) is 0 Å². The average molecular weight is 386 g/mol. The van der Waals surface area contributed by atoms with Gasteiger partial charge in [0, 0.05) is 11.1 Å². The lowest BCUT2D eigenvalue weighted by Gasteiger charge is -2.31. The molecule has 0 aromatic heterocycles. The van der Waals surface area contributed by atoms with Crippen LogP contribution in [-0.2, 0) is 0 Å². The molecular weight excluding hydrogens is 368 g/mol. The summed E-state index contributed by atoms with van der Waals surface area (Å²) < 4.78 is 0. The van der Waals surface area contributed by atoms with Crippen molar-refractivity contribution < 1.29 is 4.79 Å². The molecule has 0 fully saturated rings. The third kappa shape index (κ3) is 2.90. The number of allylic oxidation sites excluding steroid dienone is 2. The average Bonchev–Trinajstić information content (AvgIpc) is 3.10. The van der Waals surface area contributed by atoms with Gasteiger partial charge in [0.05, 0.1) is 22.6 Å². The second-order valence-corrected chi connectivity index (χ2v) is 7.88. The Labute approximate surface area is 167 Å². The maximum absolute atomic E-state index is 13.6. The fraction of sp³-hybridized carbons (Fsp3) is 0.136. The SMILES string of the molecule is CC1=NN2C(N)=C(C#N)C(c3ccccc3)C(C(=O)c3ccc(C)cc3)=C2S1. The number of thioether (sulfide) groups is 1. The van der Waals surface area contributed by atoms with E-state index in [-0.39, 0.29) is 11.6 Å². The molecule has 2 aromatic rings. The molecular formula is C22H18N4OS. The number of nitrogens with two attached hydrogens (primary N) is 1. The Kier molecular flexibility index (Phi) is 4.54. The molecule has 138 valence electrons. The number of benzene rings is 2. The highest BCUT2D eigenvalue weighted by atomic mass is 32.2. The molecule has 2 aliphatic rings. The number of hydrogen-bond acceptors (Lipinski definition) is 6. The number of ketones is 1. The van der Waals surface area contributed by atoms with Crippen LogP contribution in [0, 0.1) is 18.3 Å². The van der Waals surface area contributed by atoms with Gasteiger partial charge in [-0.2, -0.15) is 10.4 Å².